The summed E-state index contributed by atoms with van der Waals surface area (Å²) in [5, 5.41) is 29.3. The van der Waals surface area contributed by atoms with E-state index in [-0.39, 0.29) is 11.4 Å². The van der Waals surface area contributed by atoms with E-state index in [2.05, 4.69) is 10.1 Å². The molecule has 0 spiro atoms. The highest BCUT2D eigenvalue weighted by Crippen LogP contribution is 2.32. The van der Waals surface area contributed by atoms with Gasteiger partial charge in [-0.2, -0.15) is 0 Å². The van der Waals surface area contributed by atoms with E-state index in [4.69, 9.17) is 24.8 Å². The maximum absolute atomic E-state index is 13.4. The monoisotopic (exact) mass is 544 g/mol. The fraction of sp³-hybridized carbons (Fsp3) is 0.519. The Bertz CT molecular complexity index is 1390. The van der Waals surface area contributed by atoms with Crippen LogP contribution in [-0.2, 0) is 29.0 Å². The van der Waals surface area contributed by atoms with Crippen LogP contribution in [0.3, 0.4) is 0 Å². The Labute approximate surface area is 223 Å². The molecule has 1 fully saturated rings. The van der Waals surface area contributed by atoms with E-state index in [1.807, 2.05) is 11.5 Å². The Morgan fingerprint density at radius 3 is 2.59 bits per heavy atom. The molecule has 5 rings (SSSR count). The van der Waals surface area contributed by atoms with Crippen molar-refractivity contribution in [3.63, 3.8) is 0 Å². The largest absolute Gasteiger partial charge is 0.481 e. The van der Waals surface area contributed by atoms with Gasteiger partial charge in [0.05, 0.1) is 12.1 Å². The highest BCUT2D eigenvalue weighted by molar-refractivity contribution is 5.80. The van der Waals surface area contributed by atoms with E-state index < -0.39 is 24.5 Å². The van der Waals surface area contributed by atoms with Crippen LogP contribution in [0, 0.1) is 12.7 Å². The van der Waals surface area contributed by atoms with E-state index in [1.54, 1.807) is 6.07 Å². The number of aromatic nitrogens is 3. The Morgan fingerprint density at radius 1 is 1.18 bits per heavy atom. The van der Waals surface area contributed by atoms with Gasteiger partial charge in [-0.1, -0.05) is 5.16 Å². The third-order valence-corrected chi connectivity index (χ3v) is 7.35. The van der Waals surface area contributed by atoms with Crippen LogP contribution < -0.4 is 5.56 Å². The number of fused-ring (bicyclic) bond motifs is 2. The number of likely N-dealkylation sites (tertiary alicyclic amines) is 1. The normalized spacial score (nSPS) is 16.8. The van der Waals surface area contributed by atoms with E-state index in [0.717, 1.165) is 92.9 Å². The van der Waals surface area contributed by atoms with Crippen molar-refractivity contribution in [1.82, 2.24) is 19.6 Å². The molecule has 1 saturated heterocycles. The molecule has 1 aromatic carbocycles. The first kappa shape index (κ1) is 28.4. The average molecular weight is 545 g/mol. The van der Waals surface area contributed by atoms with Crippen molar-refractivity contribution in [1.29, 1.82) is 0 Å². The summed E-state index contributed by atoms with van der Waals surface area (Å²) in [4.78, 5) is 39.5. The van der Waals surface area contributed by atoms with Gasteiger partial charge < -0.3 is 24.7 Å². The van der Waals surface area contributed by atoms with Crippen molar-refractivity contribution in [2.24, 2.45) is 0 Å². The molecule has 2 aliphatic heterocycles. The number of aryl methyl sites for hydroxylation is 2. The Balaban J connectivity index is 0.000000340. The van der Waals surface area contributed by atoms with E-state index in [9.17, 15) is 18.8 Å². The fourth-order valence-corrected chi connectivity index (χ4v) is 5.20. The number of aliphatic hydroxyl groups is 1. The quantitative estimate of drug-likeness (QED) is 0.403. The number of aliphatic hydroxyl groups excluding tert-OH is 1. The summed E-state index contributed by atoms with van der Waals surface area (Å²) in [7, 11) is 0. The first-order valence-corrected chi connectivity index (χ1v) is 13.1. The Hall–Kier alpha value is -3.64. The molecule has 0 amide bonds. The van der Waals surface area contributed by atoms with Crippen molar-refractivity contribution >= 4 is 22.9 Å². The molecule has 2 aliphatic rings. The van der Waals surface area contributed by atoms with Gasteiger partial charge in [0.25, 0.3) is 5.56 Å². The van der Waals surface area contributed by atoms with Crippen molar-refractivity contribution in [3.05, 3.63) is 57.1 Å². The van der Waals surface area contributed by atoms with Crippen LogP contribution in [0.15, 0.2) is 27.5 Å². The van der Waals surface area contributed by atoms with Gasteiger partial charge in [-0.25, -0.2) is 14.2 Å². The van der Waals surface area contributed by atoms with E-state index >= 15 is 0 Å². The number of nitrogens with zero attached hydrogens (tertiary/aromatic N) is 4. The van der Waals surface area contributed by atoms with Crippen LogP contribution in [-0.4, -0.2) is 72.6 Å². The van der Waals surface area contributed by atoms with E-state index in [1.165, 1.54) is 12.1 Å². The smallest absolute Gasteiger partial charge is 0.333 e. The fourth-order valence-electron chi connectivity index (χ4n) is 5.20. The van der Waals surface area contributed by atoms with Crippen LogP contribution in [0.4, 0.5) is 4.39 Å². The molecule has 12 heteroatoms. The molecule has 4 heterocycles. The lowest BCUT2D eigenvalue weighted by molar-refractivity contribution is -0.152. The summed E-state index contributed by atoms with van der Waals surface area (Å²) < 4.78 is 20.6. The van der Waals surface area contributed by atoms with Crippen LogP contribution in [0.25, 0.3) is 11.0 Å². The molecular weight excluding hydrogens is 511 g/mol. The van der Waals surface area contributed by atoms with E-state index in [0.29, 0.717) is 11.5 Å². The maximum Gasteiger partial charge on any atom is 0.333 e. The minimum Gasteiger partial charge on any atom is -0.481 e. The summed E-state index contributed by atoms with van der Waals surface area (Å²) in [5.74, 6) is -1.87. The zero-order chi connectivity index (χ0) is 28.1. The van der Waals surface area contributed by atoms with Gasteiger partial charge in [0, 0.05) is 48.1 Å². The second-order valence-electron chi connectivity index (χ2n) is 10.0. The number of hydrogen-bond acceptors (Lipinski definition) is 8. The number of carboxylic acids is 2. The second-order valence-corrected chi connectivity index (χ2v) is 10.0. The summed E-state index contributed by atoms with van der Waals surface area (Å²) in [5.41, 5.74) is 3.38. The zero-order valence-corrected chi connectivity index (χ0v) is 21.8. The molecule has 1 atom stereocenters. The molecule has 11 nitrogen and oxygen atoms in total. The molecule has 39 heavy (non-hydrogen) atoms. The molecule has 2 aromatic heterocycles. The van der Waals surface area contributed by atoms with Gasteiger partial charge in [-0.15, -0.1) is 0 Å². The Kier molecular flexibility index (Phi) is 9.08. The van der Waals surface area contributed by atoms with Crippen molar-refractivity contribution in [3.8, 4) is 0 Å². The SMILES string of the molecule is Cc1nc2n(c(=O)c1CCN1CCC(c3noc4cc(F)ccc34)CC1)CCCC2.O=C(O)CC(O)C(=O)O. The van der Waals surface area contributed by atoms with Crippen LogP contribution in [0.5, 0.6) is 0 Å². The van der Waals surface area contributed by atoms with Gasteiger partial charge in [0.15, 0.2) is 11.7 Å². The number of aliphatic carboxylic acids is 2. The van der Waals surface area contributed by atoms with Crippen LogP contribution >= 0.6 is 0 Å². The van der Waals surface area contributed by atoms with Gasteiger partial charge >= 0.3 is 11.9 Å². The molecule has 210 valence electrons. The van der Waals surface area contributed by atoms with Crippen molar-refractivity contribution in [2.75, 3.05) is 19.6 Å². The minimum absolute atomic E-state index is 0.161. The number of halogens is 1. The van der Waals surface area contributed by atoms with Crippen LogP contribution in [0.2, 0.25) is 0 Å². The number of hydrogen-bond donors (Lipinski definition) is 3. The number of carbonyl (C=O) groups is 2. The number of benzene rings is 1. The maximum atomic E-state index is 13.4. The highest BCUT2D eigenvalue weighted by Gasteiger charge is 2.26. The molecule has 3 aromatic rings. The lowest BCUT2D eigenvalue weighted by Gasteiger charge is -2.31. The van der Waals surface area contributed by atoms with Gasteiger partial charge in [-0.05, 0) is 64.3 Å². The van der Waals surface area contributed by atoms with Gasteiger partial charge in [0.2, 0.25) is 0 Å². The predicted octanol–water partition coefficient (Wildman–Crippen LogP) is 2.50. The average Bonchev–Trinajstić information content (AvgIpc) is 3.32. The highest BCUT2D eigenvalue weighted by atomic mass is 19.1. The van der Waals surface area contributed by atoms with Crippen molar-refractivity contribution in [2.45, 2.75) is 70.4 Å². The molecule has 0 radical (unpaired) electrons. The van der Waals surface area contributed by atoms with Gasteiger partial charge in [-0.3, -0.25) is 14.2 Å². The summed E-state index contributed by atoms with van der Waals surface area (Å²) >= 11 is 0. The summed E-state index contributed by atoms with van der Waals surface area (Å²) in [6, 6.07) is 4.63. The molecule has 1 unspecified atom stereocenters. The topological polar surface area (TPSA) is 159 Å². The molecule has 3 N–H and O–H groups in total. The second kappa shape index (κ2) is 12.5. The molecule has 0 aliphatic carbocycles. The number of carboxylic acid groups (broad SMARTS) is 2. The van der Waals surface area contributed by atoms with Crippen LogP contribution in [0.1, 0.15) is 60.8 Å². The Morgan fingerprint density at radius 2 is 1.92 bits per heavy atom. The molecule has 0 saturated carbocycles. The predicted molar refractivity (Wildman–Crippen MR) is 138 cm³/mol. The third kappa shape index (κ3) is 6.87. The molecular formula is C27H33FN4O7. The summed E-state index contributed by atoms with van der Waals surface area (Å²) in [6.07, 6.45) is 3.27. The standard InChI is InChI=1S/C23H27FN4O2.C4H6O5/c1-15-18(23(29)28-10-3-2-4-21(28)25-15)9-13-27-11-7-16(8-12-27)22-19-6-5-17(24)14-20(19)30-26-22;5-2(4(8)9)1-3(6)7/h5-6,14,16H,2-4,7-13H2,1H3;2,5H,1H2,(H,6,7)(H,8,9). The zero-order valence-electron chi connectivity index (χ0n) is 21.8. The first-order valence-electron chi connectivity index (χ1n) is 13.1. The molecule has 0 bridgehead atoms. The van der Waals surface area contributed by atoms with Crippen molar-refractivity contribution < 1.29 is 33.8 Å². The number of rotatable bonds is 7. The third-order valence-electron chi connectivity index (χ3n) is 7.35. The van der Waals surface area contributed by atoms with Gasteiger partial charge in [0.1, 0.15) is 11.6 Å². The summed E-state index contributed by atoms with van der Waals surface area (Å²) in [6.45, 7) is 5.55. The minimum atomic E-state index is -1.79. The first-order chi connectivity index (χ1) is 18.6. The lowest BCUT2D eigenvalue weighted by Crippen LogP contribution is -2.37. The number of piperidine rings is 1. The lowest BCUT2D eigenvalue weighted by atomic mass is 9.91.